The predicted octanol–water partition coefficient (Wildman–Crippen LogP) is 13.7. The highest BCUT2D eigenvalue weighted by molar-refractivity contribution is 6.81. The van der Waals surface area contributed by atoms with Gasteiger partial charge in [0.25, 0.3) is 0 Å². The minimum absolute atomic E-state index is 0.0547. The second-order valence-electron chi connectivity index (χ2n) is 18.6. The van der Waals surface area contributed by atoms with Crippen LogP contribution in [0.3, 0.4) is 0 Å². The van der Waals surface area contributed by atoms with Crippen molar-refractivity contribution in [2.45, 2.75) is 124 Å². The van der Waals surface area contributed by atoms with E-state index in [1.165, 1.54) is 72.3 Å². The minimum atomic E-state index is -2.02. The lowest BCUT2D eigenvalue weighted by Gasteiger charge is -2.40. The van der Waals surface area contributed by atoms with Crippen molar-refractivity contribution in [2.75, 3.05) is 0 Å². The van der Waals surface area contributed by atoms with Gasteiger partial charge in [-0.05, 0) is 104 Å². The van der Waals surface area contributed by atoms with Gasteiger partial charge in [0, 0.05) is 11.1 Å². The Bertz CT molecular complexity index is 1940. The molecule has 48 heavy (non-hydrogen) atoms. The molecule has 0 amide bonds. The van der Waals surface area contributed by atoms with Crippen LogP contribution in [0.15, 0.2) is 83.9 Å². The molecule has 0 radical (unpaired) electrons. The van der Waals surface area contributed by atoms with Crippen molar-refractivity contribution in [1.29, 1.82) is 0 Å². The maximum absolute atomic E-state index is 2.67. The molecule has 2 aliphatic carbocycles. The number of benzene rings is 4. The van der Waals surface area contributed by atoms with Gasteiger partial charge < -0.3 is 0 Å². The van der Waals surface area contributed by atoms with Gasteiger partial charge >= 0.3 is 0 Å². The fourth-order valence-corrected chi connectivity index (χ4v) is 14.1. The highest BCUT2D eigenvalue weighted by Gasteiger charge is 2.48. The number of rotatable bonds is 4. The van der Waals surface area contributed by atoms with E-state index in [1.807, 2.05) is 0 Å². The normalized spacial score (nSPS) is 18.0. The summed E-state index contributed by atoms with van der Waals surface area (Å²) in [6.45, 7) is 33.5. The van der Waals surface area contributed by atoms with Crippen LogP contribution in [-0.2, 0) is 16.2 Å². The van der Waals surface area contributed by atoms with E-state index in [0.29, 0.717) is 11.1 Å². The van der Waals surface area contributed by atoms with E-state index in [1.54, 1.807) is 5.56 Å². The smallest absolute Gasteiger partial charge is 0.0679 e. The number of allylic oxidation sites excluding steroid dienone is 2. The van der Waals surface area contributed by atoms with Gasteiger partial charge in [-0.3, -0.25) is 0 Å². The summed E-state index contributed by atoms with van der Waals surface area (Å²) in [7, 11) is -2.02. The quantitative estimate of drug-likeness (QED) is 0.193. The third-order valence-corrected chi connectivity index (χ3v) is 16.0. The van der Waals surface area contributed by atoms with Crippen molar-refractivity contribution in [3.05, 3.63) is 128 Å². The number of hydrogen-bond donors (Lipinski definition) is 0. The number of hydrogen-bond acceptors (Lipinski definition) is 0. The SMILES string of the molecule is CC1=Cc2c(-c3ccc(C(C)(C)C)cc3)cccc2C1[Si](C)(C)C1C(C)=Cc2c1cc(C(C)(C)C)c(C)c2-c1ccc(C(C)(C)C)cc1. The second kappa shape index (κ2) is 11.6. The molecule has 250 valence electrons. The van der Waals surface area contributed by atoms with Crippen LogP contribution in [0.2, 0.25) is 13.1 Å². The highest BCUT2D eigenvalue weighted by atomic mass is 28.3. The molecule has 0 saturated carbocycles. The molecule has 1 heteroatoms. The zero-order chi connectivity index (χ0) is 35.1. The summed E-state index contributed by atoms with van der Waals surface area (Å²) in [5.41, 5.74) is 21.5. The first kappa shape index (κ1) is 34.4. The molecule has 4 aromatic carbocycles. The Labute approximate surface area is 293 Å². The predicted molar refractivity (Wildman–Crippen MR) is 215 cm³/mol. The minimum Gasteiger partial charge on any atom is -0.0679 e. The average molecular weight is 651 g/mol. The van der Waals surface area contributed by atoms with Gasteiger partial charge in [0.1, 0.15) is 0 Å². The maximum atomic E-state index is 2.67. The standard InChI is InChI=1S/C47H58Si/c1-29-26-38-36(32-18-22-34(23-19-32)45(4,5)6)16-15-17-37(38)43(29)48(13,14)44-30(2)27-39-40(44)28-41(47(10,11)12)31(3)42(39)33-20-24-35(25-21-33)46(7,8)9/h15-28,43-44H,1-14H3. The Morgan fingerprint density at radius 2 is 1.00 bits per heavy atom. The molecular weight excluding hydrogens is 593 g/mol. The first-order valence-electron chi connectivity index (χ1n) is 18.1. The van der Waals surface area contributed by atoms with E-state index < -0.39 is 8.07 Å². The van der Waals surface area contributed by atoms with Crippen molar-refractivity contribution in [3.63, 3.8) is 0 Å². The molecule has 2 unspecified atom stereocenters. The van der Waals surface area contributed by atoms with Crippen LogP contribution < -0.4 is 0 Å². The molecule has 0 spiro atoms. The third kappa shape index (κ3) is 5.81. The van der Waals surface area contributed by atoms with Gasteiger partial charge in [0.05, 0.1) is 8.07 Å². The average Bonchev–Trinajstić information content (AvgIpc) is 3.51. The summed E-state index contributed by atoms with van der Waals surface area (Å²) in [6.07, 6.45) is 5.08. The van der Waals surface area contributed by atoms with E-state index in [-0.39, 0.29) is 16.2 Å². The Morgan fingerprint density at radius 3 is 1.50 bits per heavy atom. The molecule has 0 aromatic heterocycles. The van der Waals surface area contributed by atoms with Crippen LogP contribution in [0.25, 0.3) is 34.4 Å². The van der Waals surface area contributed by atoms with Gasteiger partial charge in [0.2, 0.25) is 0 Å². The fraction of sp³-hybridized carbons (Fsp3) is 0.404. The van der Waals surface area contributed by atoms with Crippen molar-refractivity contribution in [1.82, 2.24) is 0 Å². The van der Waals surface area contributed by atoms with E-state index >= 15 is 0 Å². The van der Waals surface area contributed by atoms with Crippen LogP contribution in [0.5, 0.6) is 0 Å². The molecule has 0 aliphatic heterocycles. The van der Waals surface area contributed by atoms with Crippen LogP contribution in [0, 0.1) is 6.92 Å². The first-order valence-corrected chi connectivity index (χ1v) is 21.3. The van der Waals surface area contributed by atoms with Gasteiger partial charge in [0.15, 0.2) is 0 Å². The summed E-state index contributed by atoms with van der Waals surface area (Å²) in [5, 5.41) is 0. The molecule has 0 nitrogen and oxygen atoms in total. The van der Waals surface area contributed by atoms with E-state index in [2.05, 4.69) is 181 Å². The lowest BCUT2D eigenvalue weighted by atomic mass is 9.78. The van der Waals surface area contributed by atoms with Crippen LogP contribution in [0.1, 0.15) is 132 Å². The van der Waals surface area contributed by atoms with Gasteiger partial charge in [-0.25, -0.2) is 0 Å². The lowest BCUT2D eigenvalue weighted by Crippen LogP contribution is -2.42. The van der Waals surface area contributed by atoms with Crippen LogP contribution >= 0.6 is 0 Å². The van der Waals surface area contributed by atoms with Gasteiger partial charge in [-0.2, -0.15) is 0 Å². The molecule has 0 N–H and O–H groups in total. The van der Waals surface area contributed by atoms with Crippen LogP contribution in [0.4, 0.5) is 0 Å². The third-order valence-electron chi connectivity index (χ3n) is 11.5. The van der Waals surface area contributed by atoms with Crippen LogP contribution in [-0.4, -0.2) is 8.07 Å². The Balaban J connectivity index is 1.48. The molecule has 2 atom stereocenters. The van der Waals surface area contributed by atoms with Crippen molar-refractivity contribution in [3.8, 4) is 22.3 Å². The fourth-order valence-electron chi connectivity index (χ4n) is 9.16. The zero-order valence-corrected chi connectivity index (χ0v) is 33.2. The molecule has 6 rings (SSSR count). The Morgan fingerprint density at radius 1 is 0.521 bits per heavy atom. The molecule has 2 aliphatic rings. The monoisotopic (exact) mass is 650 g/mol. The highest BCUT2D eigenvalue weighted by Crippen LogP contribution is 2.55. The molecule has 4 aromatic rings. The Kier molecular flexibility index (Phi) is 8.31. The summed E-state index contributed by atoms with van der Waals surface area (Å²) >= 11 is 0. The summed E-state index contributed by atoms with van der Waals surface area (Å²) in [4.78, 5) is 0. The van der Waals surface area contributed by atoms with E-state index in [9.17, 15) is 0 Å². The molecule has 0 saturated heterocycles. The molecule has 0 bridgehead atoms. The topological polar surface area (TPSA) is 0 Å². The Hall–Kier alpha value is -3.42. The lowest BCUT2D eigenvalue weighted by molar-refractivity contribution is 0.585. The number of fused-ring (bicyclic) bond motifs is 2. The second-order valence-corrected chi connectivity index (χ2v) is 23.4. The zero-order valence-electron chi connectivity index (χ0n) is 32.2. The molecule has 0 heterocycles. The molecular formula is C47H58Si. The van der Waals surface area contributed by atoms with Crippen molar-refractivity contribution >= 4 is 20.2 Å². The van der Waals surface area contributed by atoms with E-state index in [4.69, 9.17) is 0 Å². The molecule has 0 fully saturated rings. The van der Waals surface area contributed by atoms with Gasteiger partial charge in [-0.15, -0.1) is 0 Å². The summed E-state index contributed by atoms with van der Waals surface area (Å²) in [5.74, 6) is 0. The van der Waals surface area contributed by atoms with Crippen molar-refractivity contribution in [2.24, 2.45) is 0 Å². The first-order chi connectivity index (χ1) is 22.2. The largest absolute Gasteiger partial charge is 0.0722 e. The summed E-state index contributed by atoms with van der Waals surface area (Å²) in [6, 6.07) is 28.5. The maximum Gasteiger partial charge on any atom is 0.0722 e. The van der Waals surface area contributed by atoms with E-state index in [0.717, 1.165) is 0 Å². The summed E-state index contributed by atoms with van der Waals surface area (Å²) < 4.78 is 0. The van der Waals surface area contributed by atoms with Gasteiger partial charge in [-0.1, -0.05) is 172 Å². The van der Waals surface area contributed by atoms with Crippen molar-refractivity contribution < 1.29 is 0 Å².